The van der Waals surface area contributed by atoms with Crippen molar-refractivity contribution in [3.63, 3.8) is 0 Å². The lowest BCUT2D eigenvalue weighted by atomic mass is 9.96. The number of nitrogens with zero attached hydrogens (tertiary/aromatic N) is 1. The van der Waals surface area contributed by atoms with Crippen LogP contribution < -0.4 is 5.32 Å². The van der Waals surface area contributed by atoms with Gasteiger partial charge in [0.25, 0.3) is 5.91 Å². The van der Waals surface area contributed by atoms with Gasteiger partial charge in [0, 0.05) is 36.6 Å². The molecule has 3 rings (SSSR count). The van der Waals surface area contributed by atoms with Crippen LogP contribution in [0.15, 0.2) is 36.5 Å². The van der Waals surface area contributed by atoms with Crippen molar-refractivity contribution in [2.24, 2.45) is 0 Å². The van der Waals surface area contributed by atoms with Crippen LogP contribution in [0.25, 0.3) is 11.3 Å². The lowest BCUT2D eigenvalue weighted by molar-refractivity contribution is 0.0963. The van der Waals surface area contributed by atoms with E-state index in [-0.39, 0.29) is 5.91 Å². The average molecular weight is 256 g/mol. The van der Waals surface area contributed by atoms with Gasteiger partial charge in [-0.2, -0.15) is 0 Å². The minimum absolute atomic E-state index is 0.0197. The van der Waals surface area contributed by atoms with E-state index in [0.29, 0.717) is 0 Å². The number of benzene rings is 1. The third-order valence-electron chi connectivity index (χ3n) is 3.32. The van der Waals surface area contributed by atoms with Crippen LogP contribution >= 0.6 is 0 Å². The molecule has 19 heavy (non-hydrogen) atoms. The van der Waals surface area contributed by atoms with Crippen molar-refractivity contribution in [3.05, 3.63) is 47.7 Å². The Morgan fingerprint density at radius 2 is 2.05 bits per heavy atom. The second kappa shape index (κ2) is 5.74. The standard InChI is InChI=1S/C14H14N2O.C2H6/c1-15-14(17)11-4-5-12-10(9-11)6-8-16-7-2-3-13(12)16;1-2/h2-5,7,9H,6,8H2,1H3,(H,15,17);1-2H3. The van der Waals surface area contributed by atoms with E-state index in [2.05, 4.69) is 28.2 Å². The fourth-order valence-corrected chi connectivity index (χ4v) is 2.43. The molecule has 0 bridgehead atoms. The predicted octanol–water partition coefficient (Wildman–Crippen LogP) is 3.10. The molecule has 0 fully saturated rings. The van der Waals surface area contributed by atoms with Crippen LogP contribution in [-0.4, -0.2) is 17.5 Å². The Bertz CT molecular complexity index is 584. The second-order valence-corrected chi connectivity index (χ2v) is 4.29. The average Bonchev–Trinajstić information content (AvgIpc) is 2.96. The van der Waals surface area contributed by atoms with Crippen molar-refractivity contribution in [3.8, 4) is 11.3 Å². The molecule has 3 heteroatoms. The molecule has 1 aromatic heterocycles. The molecule has 1 amide bonds. The zero-order chi connectivity index (χ0) is 13.8. The number of carbonyl (C=O) groups excluding carboxylic acids is 1. The van der Waals surface area contributed by atoms with Crippen molar-refractivity contribution >= 4 is 5.91 Å². The SMILES string of the molecule is CC.CNC(=O)c1ccc2c(c1)CCn1cccc1-2. The normalized spacial score (nSPS) is 11.7. The molecule has 3 nitrogen and oxygen atoms in total. The fourth-order valence-electron chi connectivity index (χ4n) is 2.43. The zero-order valence-corrected chi connectivity index (χ0v) is 11.7. The number of aryl methyl sites for hydroxylation is 2. The van der Waals surface area contributed by atoms with Crippen LogP contribution in [0.2, 0.25) is 0 Å². The van der Waals surface area contributed by atoms with Crippen molar-refractivity contribution in [1.82, 2.24) is 9.88 Å². The molecule has 1 aliphatic heterocycles. The van der Waals surface area contributed by atoms with Gasteiger partial charge in [-0.05, 0) is 36.2 Å². The first-order valence-corrected chi connectivity index (χ1v) is 6.80. The highest BCUT2D eigenvalue weighted by molar-refractivity contribution is 5.94. The first-order valence-electron chi connectivity index (χ1n) is 6.80. The molecular weight excluding hydrogens is 236 g/mol. The lowest BCUT2D eigenvalue weighted by Gasteiger charge is -2.19. The van der Waals surface area contributed by atoms with Crippen molar-refractivity contribution in [2.75, 3.05) is 7.05 Å². The van der Waals surface area contributed by atoms with Crippen LogP contribution in [-0.2, 0) is 13.0 Å². The summed E-state index contributed by atoms with van der Waals surface area (Å²) in [6, 6.07) is 10.1. The molecule has 0 unspecified atom stereocenters. The first-order chi connectivity index (χ1) is 9.29. The minimum atomic E-state index is -0.0197. The quantitative estimate of drug-likeness (QED) is 0.836. The van der Waals surface area contributed by atoms with E-state index in [9.17, 15) is 4.79 Å². The van der Waals surface area contributed by atoms with Crippen molar-refractivity contribution in [1.29, 1.82) is 0 Å². The van der Waals surface area contributed by atoms with E-state index in [4.69, 9.17) is 0 Å². The van der Waals surface area contributed by atoms with Crippen molar-refractivity contribution < 1.29 is 4.79 Å². The number of fused-ring (bicyclic) bond motifs is 3. The lowest BCUT2D eigenvalue weighted by Crippen LogP contribution is -2.18. The smallest absolute Gasteiger partial charge is 0.251 e. The molecular formula is C16H20N2O. The van der Waals surface area contributed by atoms with Gasteiger partial charge in [-0.25, -0.2) is 0 Å². The minimum Gasteiger partial charge on any atom is -0.355 e. The van der Waals surface area contributed by atoms with E-state index in [0.717, 1.165) is 18.5 Å². The predicted molar refractivity (Wildman–Crippen MR) is 78.3 cm³/mol. The molecule has 1 N–H and O–H groups in total. The summed E-state index contributed by atoms with van der Waals surface area (Å²) < 4.78 is 2.25. The maximum absolute atomic E-state index is 11.6. The molecule has 0 saturated heterocycles. The first kappa shape index (κ1) is 13.4. The van der Waals surface area contributed by atoms with E-state index in [1.54, 1.807) is 7.05 Å². The summed E-state index contributed by atoms with van der Waals surface area (Å²) in [5, 5.41) is 2.66. The summed E-state index contributed by atoms with van der Waals surface area (Å²) in [7, 11) is 1.66. The molecule has 0 saturated carbocycles. The van der Waals surface area contributed by atoms with Gasteiger partial charge < -0.3 is 9.88 Å². The third-order valence-corrected chi connectivity index (χ3v) is 3.32. The molecule has 100 valence electrons. The van der Waals surface area contributed by atoms with Gasteiger partial charge in [0.1, 0.15) is 0 Å². The van der Waals surface area contributed by atoms with Gasteiger partial charge in [0.15, 0.2) is 0 Å². The summed E-state index contributed by atoms with van der Waals surface area (Å²) in [6.07, 6.45) is 3.09. The highest BCUT2D eigenvalue weighted by atomic mass is 16.1. The topological polar surface area (TPSA) is 34.0 Å². The van der Waals surface area contributed by atoms with Crippen LogP contribution in [0.5, 0.6) is 0 Å². The second-order valence-electron chi connectivity index (χ2n) is 4.29. The van der Waals surface area contributed by atoms with Gasteiger partial charge in [-0.3, -0.25) is 4.79 Å². The molecule has 2 aromatic rings. The van der Waals surface area contributed by atoms with Gasteiger partial charge in [-0.1, -0.05) is 19.9 Å². The molecule has 0 radical (unpaired) electrons. The Kier molecular flexibility index (Phi) is 4.05. The Labute approximate surface area is 114 Å². The summed E-state index contributed by atoms with van der Waals surface area (Å²) >= 11 is 0. The Morgan fingerprint density at radius 1 is 1.26 bits per heavy atom. The number of nitrogens with one attached hydrogen (secondary N) is 1. The van der Waals surface area contributed by atoms with Crippen molar-refractivity contribution in [2.45, 2.75) is 26.8 Å². The number of amides is 1. The zero-order valence-electron chi connectivity index (χ0n) is 11.7. The Morgan fingerprint density at radius 3 is 2.79 bits per heavy atom. The highest BCUT2D eigenvalue weighted by Crippen LogP contribution is 2.30. The monoisotopic (exact) mass is 256 g/mol. The van der Waals surface area contributed by atoms with Crippen LogP contribution in [0.4, 0.5) is 0 Å². The number of hydrogen-bond donors (Lipinski definition) is 1. The maximum atomic E-state index is 11.6. The number of carbonyl (C=O) groups is 1. The van der Waals surface area contributed by atoms with Crippen LogP contribution in [0, 0.1) is 0 Å². The van der Waals surface area contributed by atoms with Crippen LogP contribution in [0.1, 0.15) is 29.8 Å². The van der Waals surface area contributed by atoms with E-state index >= 15 is 0 Å². The van der Waals surface area contributed by atoms with Gasteiger partial charge in [0.05, 0.1) is 0 Å². The largest absolute Gasteiger partial charge is 0.355 e. The third kappa shape index (κ3) is 2.41. The maximum Gasteiger partial charge on any atom is 0.251 e. The van der Waals surface area contributed by atoms with Gasteiger partial charge in [0.2, 0.25) is 0 Å². The molecule has 2 heterocycles. The van der Waals surface area contributed by atoms with Gasteiger partial charge >= 0.3 is 0 Å². The molecule has 0 atom stereocenters. The fraction of sp³-hybridized carbons (Fsp3) is 0.312. The summed E-state index contributed by atoms with van der Waals surface area (Å²) in [5.74, 6) is -0.0197. The number of aromatic nitrogens is 1. The Hall–Kier alpha value is -2.03. The van der Waals surface area contributed by atoms with Crippen LogP contribution in [0.3, 0.4) is 0 Å². The van der Waals surface area contributed by atoms with Gasteiger partial charge in [-0.15, -0.1) is 0 Å². The van der Waals surface area contributed by atoms with E-state index in [1.807, 2.05) is 32.0 Å². The molecule has 0 aliphatic carbocycles. The number of rotatable bonds is 1. The molecule has 1 aromatic carbocycles. The molecule has 1 aliphatic rings. The molecule has 0 spiro atoms. The summed E-state index contributed by atoms with van der Waals surface area (Å²) in [4.78, 5) is 11.6. The summed E-state index contributed by atoms with van der Waals surface area (Å²) in [5.41, 5.74) is 4.49. The Balaban J connectivity index is 0.000000637. The summed E-state index contributed by atoms with van der Waals surface area (Å²) in [6.45, 7) is 4.99. The number of hydrogen-bond acceptors (Lipinski definition) is 1. The van der Waals surface area contributed by atoms with E-state index < -0.39 is 0 Å². The van der Waals surface area contributed by atoms with E-state index in [1.165, 1.54) is 16.8 Å². The highest BCUT2D eigenvalue weighted by Gasteiger charge is 2.16.